The first-order valence-corrected chi connectivity index (χ1v) is 3.76. The quantitative estimate of drug-likeness (QED) is 0.427. The van der Waals surface area contributed by atoms with Gasteiger partial charge in [-0.15, -0.1) is 0 Å². The van der Waals surface area contributed by atoms with Crippen molar-refractivity contribution < 1.29 is 0 Å². The Bertz CT molecular complexity index is 51.7. The van der Waals surface area contributed by atoms with Crippen LogP contribution in [0.25, 0.3) is 0 Å². The van der Waals surface area contributed by atoms with Crippen molar-refractivity contribution >= 4 is 29.7 Å². The molecule has 0 aromatic carbocycles. The zero-order valence-electron chi connectivity index (χ0n) is 4.55. The van der Waals surface area contributed by atoms with E-state index in [0.717, 1.165) is 6.54 Å². The monoisotopic (exact) mass is 135 g/mol. The van der Waals surface area contributed by atoms with Crippen molar-refractivity contribution in [2.45, 2.75) is 6.92 Å². The van der Waals surface area contributed by atoms with Gasteiger partial charge in [0.05, 0.1) is 5.49 Å². The SMILES string of the molecule is CCN(C=S)SC. The predicted octanol–water partition coefficient (Wildman–Crippen LogP) is 1.54. The lowest BCUT2D eigenvalue weighted by atomic mass is 10.8. The van der Waals surface area contributed by atoms with Crippen molar-refractivity contribution in [3.63, 3.8) is 0 Å². The molecule has 0 saturated carbocycles. The highest BCUT2D eigenvalue weighted by molar-refractivity contribution is 7.97. The Morgan fingerprint density at radius 1 is 1.86 bits per heavy atom. The summed E-state index contributed by atoms with van der Waals surface area (Å²) in [6.45, 7) is 3.06. The minimum absolute atomic E-state index is 0.991. The van der Waals surface area contributed by atoms with Gasteiger partial charge in [-0.1, -0.05) is 24.2 Å². The van der Waals surface area contributed by atoms with Crippen molar-refractivity contribution in [3.8, 4) is 0 Å². The second-order valence-electron chi connectivity index (χ2n) is 1.02. The lowest BCUT2D eigenvalue weighted by Crippen LogP contribution is -2.08. The van der Waals surface area contributed by atoms with E-state index in [2.05, 4.69) is 19.1 Å². The summed E-state index contributed by atoms with van der Waals surface area (Å²) in [6.07, 6.45) is 2.01. The molecule has 0 fully saturated rings. The van der Waals surface area contributed by atoms with E-state index >= 15 is 0 Å². The van der Waals surface area contributed by atoms with E-state index in [0.29, 0.717) is 0 Å². The van der Waals surface area contributed by atoms with E-state index in [4.69, 9.17) is 0 Å². The van der Waals surface area contributed by atoms with Crippen LogP contribution in [0, 0.1) is 0 Å². The summed E-state index contributed by atoms with van der Waals surface area (Å²) in [5, 5.41) is 0. The van der Waals surface area contributed by atoms with Gasteiger partial charge in [0.2, 0.25) is 0 Å². The maximum Gasteiger partial charge on any atom is 0.0740 e. The molecule has 7 heavy (non-hydrogen) atoms. The zero-order valence-corrected chi connectivity index (χ0v) is 6.18. The van der Waals surface area contributed by atoms with Crippen molar-refractivity contribution in [1.29, 1.82) is 0 Å². The molecular formula is C4H9NS2. The van der Waals surface area contributed by atoms with Gasteiger partial charge in [-0.25, -0.2) is 0 Å². The average molecular weight is 135 g/mol. The Morgan fingerprint density at radius 3 is 2.43 bits per heavy atom. The van der Waals surface area contributed by atoms with Gasteiger partial charge >= 0.3 is 0 Å². The summed E-state index contributed by atoms with van der Waals surface area (Å²) in [4.78, 5) is 0. The Morgan fingerprint density at radius 2 is 2.43 bits per heavy atom. The van der Waals surface area contributed by atoms with Crippen LogP contribution in [0.5, 0.6) is 0 Å². The molecule has 0 aromatic heterocycles. The molecule has 1 nitrogen and oxygen atoms in total. The second-order valence-corrected chi connectivity index (χ2v) is 2.07. The van der Waals surface area contributed by atoms with E-state index in [1.165, 1.54) is 0 Å². The molecule has 0 aliphatic heterocycles. The molecule has 3 heteroatoms. The fourth-order valence-electron chi connectivity index (χ4n) is 0.247. The van der Waals surface area contributed by atoms with Crippen molar-refractivity contribution in [3.05, 3.63) is 0 Å². The van der Waals surface area contributed by atoms with Gasteiger partial charge in [-0.05, 0) is 6.92 Å². The Hall–Kier alpha value is 0.240. The van der Waals surface area contributed by atoms with Gasteiger partial charge in [-0.2, -0.15) is 0 Å². The van der Waals surface area contributed by atoms with Gasteiger partial charge in [-0.3, -0.25) is 0 Å². The number of hydrogen-bond acceptors (Lipinski definition) is 2. The number of rotatable bonds is 3. The topological polar surface area (TPSA) is 3.24 Å². The lowest BCUT2D eigenvalue weighted by molar-refractivity contribution is 0.747. The van der Waals surface area contributed by atoms with Crippen LogP contribution in [-0.4, -0.2) is 22.6 Å². The third-order valence-electron chi connectivity index (χ3n) is 0.664. The molecule has 0 unspecified atom stereocenters. The van der Waals surface area contributed by atoms with Gasteiger partial charge in [0, 0.05) is 12.8 Å². The Balaban J connectivity index is 3.16. The van der Waals surface area contributed by atoms with Crippen LogP contribution in [0.2, 0.25) is 0 Å². The van der Waals surface area contributed by atoms with Crippen LogP contribution in [0.3, 0.4) is 0 Å². The summed E-state index contributed by atoms with van der Waals surface area (Å²) in [5.41, 5.74) is 1.66. The maximum absolute atomic E-state index is 4.65. The molecule has 0 spiro atoms. The zero-order chi connectivity index (χ0) is 5.70. The van der Waals surface area contributed by atoms with Crippen LogP contribution >= 0.6 is 24.2 Å². The number of hydrogen-bond donors (Lipinski definition) is 0. The third-order valence-corrected chi connectivity index (χ3v) is 1.88. The molecule has 42 valence electrons. The van der Waals surface area contributed by atoms with Gasteiger partial charge < -0.3 is 4.31 Å². The van der Waals surface area contributed by atoms with Gasteiger partial charge in [0.1, 0.15) is 0 Å². The number of nitrogens with zero attached hydrogens (tertiary/aromatic N) is 1. The standard InChI is InChI=1S/C4H9NS2/c1-3-5(4-6)7-2/h4H,3H2,1-2H3. The first-order chi connectivity index (χ1) is 3.35. The molecule has 0 rings (SSSR count). The summed E-state index contributed by atoms with van der Waals surface area (Å²) >= 11 is 6.30. The molecule has 0 atom stereocenters. The normalized spacial score (nSPS) is 8.29. The Labute approximate surface area is 54.2 Å². The van der Waals surface area contributed by atoms with Gasteiger partial charge in [0.25, 0.3) is 0 Å². The van der Waals surface area contributed by atoms with Crippen LogP contribution in [0.4, 0.5) is 0 Å². The van der Waals surface area contributed by atoms with Crippen molar-refractivity contribution in [2.75, 3.05) is 12.8 Å². The van der Waals surface area contributed by atoms with Crippen LogP contribution in [0.15, 0.2) is 0 Å². The third kappa shape index (κ3) is 2.88. The summed E-state index contributed by atoms with van der Waals surface area (Å²) in [7, 11) is 0. The molecule has 0 saturated heterocycles. The highest BCUT2D eigenvalue weighted by atomic mass is 32.2. The highest BCUT2D eigenvalue weighted by Crippen LogP contribution is 1.98. The minimum Gasteiger partial charge on any atom is -0.313 e. The second kappa shape index (κ2) is 4.40. The predicted molar refractivity (Wildman–Crippen MR) is 39.6 cm³/mol. The maximum atomic E-state index is 4.65. The van der Waals surface area contributed by atoms with Gasteiger partial charge in [0.15, 0.2) is 0 Å². The van der Waals surface area contributed by atoms with Crippen molar-refractivity contribution in [1.82, 2.24) is 4.31 Å². The average Bonchev–Trinajstić information content (AvgIpc) is 1.72. The number of thiocarbonyl (C=S) groups is 1. The molecule has 0 N–H and O–H groups in total. The van der Waals surface area contributed by atoms with E-state index in [9.17, 15) is 0 Å². The van der Waals surface area contributed by atoms with Crippen molar-refractivity contribution in [2.24, 2.45) is 0 Å². The fourth-order valence-corrected chi connectivity index (χ4v) is 0.998. The van der Waals surface area contributed by atoms with E-state index in [1.807, 2.05) is 10.6 Å². The highest BCUT2D eigenvalue weighted by Gasteiger charge is 1.85. The molecule has 0 heterocycles. The minimum atomic E-state index is 0.991. The molecule has 0 aliphatic rings. The van der Waals surface area contributed by atoms with E-state index in [1.54, 1.807) is 17.4 Å². The fraction of sp³-hybridized carbons (Fsp3) is 0.750. The lowest BCUT2D eigenvalue weighted by Gasteiger charge is -2.09. The van der Waals surface area contributed by atoms with E-state index in [-0.39, 0.29) is 0 Å². The first-order valence-electron chi connectivity index (χ1n) is 2.11. The smallest absolute Gasteiger partial charge is 0.0740 e. The van der Waals surface area contributed by atoms with Crippen LogP contribution < -0.4 is 0 Å². The summed E-state index contributed by atoms with van der Waals surface area (Å²) < 4.78 is 1.98. The van der Waals surface area contributed by atoms with Crippen LogP contribution in [-0.2, 0) is 0 Å². The molecular weight excluding hydrogens is 126 g/mol. The summed E-state index contributed by atoms with van der Waals surface area (Å²) in [5.74, 6) is 0. The molecule has 0 radical (unpaired) electrons. The largest absolute Gasteiger partial charge is 0.313 e. The molecule has 0 aromatic rings. The molecule has 0 amide bonds. The van der Waals surface area contributed by atoms with Crippen LogP contribution in [0.1, 0.15) is 6.92 Å². The molecule has 0 aliphatic carbocycles. The molecule has 0 bridgehead atoms. The Kier molecular flexibility index (Phi) is 4.55. The van der Waals surface area contributed by atoms with E-state index < -0.39 is 0 Å². The first kappa shape index (κ1) is 7.24. The summed E-state index contributed by atoms with van der Waals surface area (Å²) in [6, 6.07) is 0.